The minimum atomic E-state index is -0.799. The molecule has 0 radical (unpaired) electrons. The van der Waals surface area contributed by atoms with Crippen molar-refractivity contribution >= 4 is 17.9 Å². The Morgan fingerprint density at radius 2 is 0.513 bits per heavy atom. The molecule has 0 saturated heterocycles. The number of esters is 3. The number of rotatable bonds is 57. The van der Waals surface area contributed by atoms with Crippen LogP contribution in [-0.2, 0) is 28.6 Å². The zero-order valence-electron chi connectivity index (χ0n) is 49.7. The highest BCUT2D eigenvalue weighted by atomic mass is 16.6. The third-order valence-corrected chi connectivity index (χ3v) is 13.5. The molecule has 0 aliphatic heterocycles. The maximum atomic E-state index is 12.9. The van der Waals surface area contributed by atoms with Crippen LogP contribution in [0.1, 0.15) is 297 Å². The van der Waals surface area contributed by atoms with Gasteiger partial charge in [0.15, 0.2) is 6.10 Å². The summed E-state index contributed by atoms with van der Waals surface area (Å²) >= 11 is 0. The van der Waals surface area contributed by atoms with E-state index in [0.717, 1.165) is 135 Å². The van der Waals surface area contributed by atoms with Gasteiger partial charge in [0, 0.05) is 19.3 Å². The van der Waals surface area contributed by atoms with Crippen molar-refractivity contribution in [3.63, 3.8) is 0 Å². The van der Waals surface area contributed by atoms with E-state index < -0.39 is 6.10 Å². The fourth-order valence-corrected chi connectivity index (χ4v) is 8.71. The van der Waals surface area contributed by atoms with Crippen molar-refractivity contribution in [2.75, 3.05) is 13.2 Å². The molecule has 0 spiro atoms. The molecule has 0 fully saturated rings. The summed E-state index contributed by atoms with van der Waals surface area (Å²) in [6.45, 7) is 6.49. The van der Waals surface area contributed by atoms with E-state index in [1.165, 1.54) is 122 Å². The molecule has 0 saturated carbocycles. The van der Waals surface area contributed by atoms with Gasteiger partial charge in [-0.05, 0) is 128 Å². The lowest BCUT2D eigenvalue weighted by Crippen LogP contribution is -2.30. The Morgan fingerprint density at radius 3 is 0.842 bits per heavy atom. The van der Waals surface area contributed by atoms with Gasteiger partial charge in [0.1, 0.15) is 13.2 Å². The molecule has 0 aromatic rings. The summed E-state index contributed by atoms with van der Waals surface area (Å²) in [5.41, 5.74) is 0. The van der Waals surface area contributed by atoms with Gasteiger partial charge < -0.3 is 14.2 Å². The van der Waals surface area contributed by atoms with E-state index >= 15 is 0 Å². The molecule has 1 atom stereocenters. The highest BCUT2D eigenvalue weighted by molar-refractivity contribution is 5.71. The summed E-state index contributed by atoms with van der Waals surface area (Å²) < 4.78 is 16.9. The molecular formula is C70H118O6. The van der Waals surface area contributed by atoms with Crippen LogP contribution in [-0.4, -0.2) is 37.2 Å². The van der Waals surface area contributed by atoms with Crippen molar-refractivity contribution < 1.29 is 28.6 Å². The predicted octanol–water partition coefficient (Wildman–Crippen LogP) is 21.8. The van der Waals surface area contributed by atoms with Crippen LogP contribution in [0.4, 0.5) is 0 Å². The number of carbonyl (C=O) groups excluding carboxylic acids is 3. The van der Waals surface area contributed by atoms with Gasteiger partial charge in [-0.25, -0.2) is 0 Å². The fourth-order valence-electron chi connectivity index (χ4n) is 8.71. The van der Waals surface area contributed by atoms with E-state index in [0.29, 0.717) is 19.3 Å². The number of carbonyl (C=O) groups is 3. The topological polar surface area (TPSA) is 78.9 Å². The van der Waals surface area contributed by atoms with Crippen molar-refractivity contribution in [3.8, 4) is 0 Å². The molecule has 6 nitrogen and oxygen atoms in total. The average Bonchev–Trinajstić information content (AvgIpc) is 3.42. The van der Waals surface area contributed by atoms with Crippen molar-refractivity contribution in [2.24, 2.45) is 0 Å². The molecule has 76 heavy (non-hydrogen) atoms. The highest BCUT2D eigenvalue weighted by Gasteiger charge is 2.19. The van der Waals surface area contributed by atoms with Gasteiger partial charge in [-0.3, -0.25) is 14.4 Å². The first-order valence-corrected chi connectivity index (χ1v) is 31.9. The second-order valence-electron chi connectivity index (χ2n) is 20.9. The molecule has 0 aliphatic rings. The maximum absolute atomic E-state index is 12.9. The smallest absolute Gasteiger partial charge is 0.306 e. The summed E-state index contributed by atoms with van der Waals surface area (Å²) in [6, 6.07) is 0. The molecule has 6 heteroatoms. The normalized spacial score (nSPS) is 12.8. The molecule has 0 aromatic heterocycles. The van der Waals surface area contributed by atoms with Gasteiger partial charge in [0.2, 0.25) is 0 Å². The second-order valence-corrected chi connectivity index (χ2v) is 20.9. The molecule has 0 aliphatic carbocycles. The van der Waals surface area contributed by atoms with Gasteiger partial charge in [0.05, 0.1) is 0 Å². The molecule has 0 rings (SSSR count). The summed E-state index contributed by atoms with van der Waals surface area (Å²) in [4.78, 5) is 38.4. The molecule has 0 aromatic carbocycles. The van der Waals surface area contributed by atoms with E-state index in [1.807, 2.05) is 0 Å². The van der Waals surface area contributed by atoms with Crippen LogP contribution in [0, 0.1) is 0 Å². The molecule has 0 N–H and O–H groups in total. The number of allylic oxidation sites excluding steroid dienone is 18. The zero-order chi connectivity index (χ0) is 55.0. The Labute approximate surface area is 470 Å². The van der Waals surface area contributed by atoms with Gasteiger partial charge in [-0.15, -0.1) is 0 Å². The zero-order valence-corrected chi connectivity index (χ0v) is 49.7. The van der Waals surface area contributed by atoms with Crippen molar-refractivity contribution in [3.05, 3.63) is 109 Å². The Bertz CT molecular complexity index is 1540. The van der Waals surface area contributed by atoms with Crippen LogP contribution in [0.2, 0.25) is 0 Å². The number of unbranched alkanes of at least 4 members (excludes halogenated alkanes) is 28. The fraction of sp³-hybridized carbons (Fsp3) is 0.700. The molecule has 1 unspecified atom stereocenters. The largest absolute Gasteiger partial charge is 0.462 e. The number of hydrogen-bond acceptors (Lipinski definition) is 6. The molecule has 434 valence electrons. The van der Waals surface area contributed by atoms with Crippen molar-refractivity contribution in [1.82, 2.24) is 0 Å². The van der Waals surface area contributed by atoms with Gasteiger partial charge >= 0.3 is 17.9 Å². The van der Waals surface area contributed by atoms with Gasteiger partial charge in [-0.1, -0.05) is 259 Å². The standard InChI is InChI=1S/C70H118O6/c1-4-7-10-13-16-19-22-25-28-31-34-35-37-39-42-45-48-51-54-57-60-63-69(72)75-66-67(65-74-68(71)62-59-56-53-50-47-44-41-38-33-30-27-24-21-18-15-12-9-6-3)76-70(73)64-61-58-55-52-49-46-43-40-36-32-29-26-23-20-17-14-11-8-5-2/h7,10,16-17,19-20,25-26,28-30,33-36,39-40,42,67H,4-6,8-9,11-15,18,21-24,27,31-32,37-38,41,43-66H2,1-3H3/b10-7-,19-16-,20-17-,28-25-,29-26-,33-30-,35-34-,40-36-,42-39-. The van der Waals surface area contributed by atoms with E-state index in [2.05, 4.69) is 130 Å². The van der Waals surface area contributed by atoms with Crippen LogP contribution in [0.3, 0.4) is 0 Å². The lowest BCUT2D eigenvalue weighted by molar-refractivity contribution is -0.167. The van der Waals surface area contributed by atoms with Gasteiger partial charge in [0.25, 0.3) is 0 Å². The van der Waals surface area contributed by atoms with Crippen LogP contribution in [0.25, 0.3) is 0 Å². The number of hydrogen-bond donors (Lipinski definition) is 0. The highest BCUT2D eigenvalue weighted by Crippen LogP contribution is 2.15. The second kappa shape index (κ2) is 63.6. The SMILES string of the molecule is CC/C=C\C/C=C\C/C=C\C/C=C\C/C=C\CCCCCCCC(=O)OCC(COC(=O)CCCCCCCCC/C=C\CCCCCCCCC)OC(=O)CCCCCCCC/C=C\C/C=C\C/C=C\CCCCC. The summed E-state index contributed by atoms with van der Waals surface area (Å²) in [6.07, 6.45) is 86.5. The summed E-state index contributed by atoms with van der Waals surface area (Å²) in [7, 11) is 0. The van der Waals surface area contributed by atoms with E-state index in [1.54, 1.807) is 0 Å². The first-order chi connectivity index (χ1) is 37.5. The Kier molecular flexibility index (Phi) is 60.3. The van der Waals surface area contributed by atoms with Crippen LogP contribution in [0.15, 0.2) is 109 Å². The molecule has 0 amide bonds. The van der Waals surface area contributed by atoms with Crippen molar-refractivity contribution in [2.45, 2.75) is 303 Å². The van der Waals surface area contributed by atoms with Crippen molar-refractivity contribution in [1.29, 1.82) is 0 Å². The van der Waals surface area contributed by atoms with E-state index in [4.69, 9.17) is 14.2 Å². The van der Waals surface area contributed by atoms with E-state index in [-0.39, 0.29) is 31.1 Å². The first kappa shape index (κ1) is 72.1. The molecule has 0 bridgehead atoms. The monoisotopic (exact) mass is 1050 g/mol. The Morgan fingerprint density at radius 1 is 0.276 bits per heavy atom. The Balaban J connectivity index is 4.47. The minimum Gasteiger partial charge on any atom is -0.462 e. The third kappa shape index (κ3) is 60.9. The first-order valence-electron chi connectivity index (χ1n) is 31.9. The van der Waals surface area contributed by atoms with Crippen LogP contribution in [0.5, 0.6) is 0 Å². The molecule has 0 heterocycles. The molecular weight excluding hydrogens is 937 g/mol. The lowest BCUT2D eigenvalue weighted by atomic mass is 10.1. The third-order valence-electron chi connectivity index (χ3n) is 13.5. The minimum absolute atomic E-state index is 0.0928. The lowest BCUT2D eigenvalue weighted by Gasteiger charge is -2.18. The summed E-state index contributed by atoms with van der Waals surface area (Å²) in [5.74, 6) is -0.922. The van der Waals surface area contributed by atoms with Crippen LogP contribution >= 0.6 is 0 Å². The Hall–Kier alpha value is -3.93. The predicted molar refractivity (Wildman–Crippen MR) is 330 cm³/mol. The van der Waals surface area contributed by atoms with E-state index in [9.17, 15) is 14.4 Å². The number of ether oxygens (including phenoxy) is 3. The van der Waals surface area contributed by atoms with Gasteiger partial charge in [-0.2, -0.15) is 0 Å². The maximum Gasteiger partial charge on any atom is 0.306 e. The quantitative estimate of drug-likeness (QED) is 0.0261. The summed E-state index contributed by atoms with van der Waals surface area (Å²) in [5, 5.41) is 0. The van der Waals surface area contributed by atoms with Crippen LogP contribution < -0.4 is 0 Å². The average molecular weight is 1060 g/mol.